The molecular weight excluding hydrogens is 266 g/mol. The van der Waals surface area contributed by atoms with Crippen LogP contribution in [0.1, 0.15) is 39.3 Å². The lowest BCUT2D eigenvalue weighted by molar-refractivity contribution is 0.218. The van der Waals surface area contributed by atoms with Crippen LogP contribution in [0.5, 0.6) is 0 Å². The van der Waals surface area contributed by atoms with Crippen LogP contribution in [0.3, 0.4) is 0 Å². The van der Waals surface area contributed by atoms with Crippen molar-refractivity contribution in [2.45, 2.75) is 46.3 Å². The molecule has 1 aromatic carbocycles. The van der Waals surface area contributed by atoms with E-state index in [1.54, 1.807) is 0 Å². The van der Waals surface area contributed by atoms with Gasteiger partial charge in [-0.1, -0.05) is 17.7 Å². The van der Waals surface area contributed by atoms with E-state index in [-0.39, 0.29) is 0 Å². The van der Waals surface area contributed by atoms with Crippen LogP contribution in [0.25, 0.3) is 11.0 Å². The highest BCUT2D eigenvalue weighted by molar-refractivity contribution is 7.71. The van der Waals surface area contributed by atoms with Crippen molar-refractivity contribution < 1.29 is 0 Å². The standard InChI is InChI=1S/C16H21N3S/c1-10(2)8-18-11(3)9-19-15-13(12(18)4)6-5-7-14(15)17-16(19)20/h5-8,11-12H,9H2,1-4H3,(H,17,20)/t11-,12+/m0/s1. The molecule has 0 fully saturated rings. The zero-order chi connectivity index (χ0) is 14.4. The fraction of sp³-hybridized carbons (Fsp3) is 0.438. The van der Waals surface area contributed by atoms with Gasteiger partial charge in [-0.05, 0) is 52.2 Å². The van der Waals surface area contributed by atoms with Crippen molar-refractivity contribution in [3.63, 3.8) is 0 Å². The lowest BCUT2D eigenvalue weighted by Crippen LogP contribution is -2.32. The molecule has 0 radical (unpaired) electrons. The summed E-state index contributed by atoms with van der Waals surface area (Å²) < 4.78 is 3.07. The van der Waals surface area contributed by atoms with Crippen molar-refractivity contribution in [2.24, 2.45) is 0 Å². The molecule has 0 saturated heterocycles. The van der Waals surface area contributed by atoms with Crippen molar-refractivity contribution in [1.29, 1.82) is 0 Å². The maximum Gasteiger partial charge on any atom is 0.178 e. The Hall–Kier alpha value is -1.55. The number of hydrogen-bond acceptors (Lipinski definition) is 2. The Labute approximate surface area is 124 Å². The predicted molar refractivity (Wildman–Crippen MR) is 86.3 cm³/mol. The third-order valence-electron chi connectivity index (χ3n) is 4.08. The maximum atomic E-state index is 5.50. The second-order valence-corrected chi connectivity index (χ2v) is 6.35. The fourth-order valence-electron chi connectivity index (χ4n) is 3.20. The minimum atomic E-state index is 0.350. The van der Waals surface area contributed by atoms with Crippen LogP contribution in [0, 0.1) is 4.77 Å². The van der Waals surface area contributed by atoms with Crippen molar-refractivity contribution in [1.82, 2.24) is 14.5 Å². The lowest BCUT2D eigenvalue weighted by Gasteiger charge is -2.32. The average Bonchev–Trinajstić information content (AvgIpc) is 2.65. The largest absolute Gasteiger partial charge is 0.366 e. The summed E-state index contributed by atoms with van der Waals surface area (Å²) in [5.41, 5.74) is 5.08. The monoisotopic (exact) mass is 287 g/mol. The molecule has 0 spiro atoms. The summed E-state index contributed by atoms with van der Waals surface area (Å²) in [6.07, 6.45) is 2.27. The molecule has 2 heterocycles. The Morgan fingerprint density at radius 3 is 2.80 bits per heavy atom. The summed E-state index contributed by atoms with van der Waals surface area (Å²) in [4.78, 5) is 5.78. The van der Waals surface area contributed by atoms with Gasteiger partial charge in [0.15, 0.2) is 4.77 Å². The molecule has 0 saturated carbocycles. The molecule has 0 aliphatic carbocycles. The van der Waals surface area contributed by atoms with Gasteiger partial charge in [-0.25, -0.2) is 0 Å². The molecule has 2 aromatic rings. The van der Waals surface area contributed by atoms with Gasteiger partial charge in [0.25, 0.3) is 0 Å². The second-order valence-electron chi connectivity index (χ2n) is 5.96. The first-order valence-corrected chi connectivity index (χ1v) is 7.53. The zero-order valence-electron chi connectivity index (χ0n) is 12.5. The van der Waals surface area contributed by atoms with E-state index in [0.717, 1.165) is 16.8 Å². The van der Waals surface area contributed by atoms with Gasteiger partial charge < -0.3 is 14.5 Å². The van der Waals surface area contributed by atoms with E-state index < -0.39 is 0 Å². The summed E-state index contributed by atoms with van der Waals surface area (Å²) in [7, 11) is 0. The predicted octanol–water partition coefficient (Wildman–Crippen LogP) is 4.39. The number of nitrogens with one attached hydrogen (secondary N) is 1. The molecule has 1 aromatic heterocycles. The maximum absolute atomic E-state index is 5.50. The first-order valence-electron chi connectivity index (χ1n) is 7.13. The van der Waals surface area contributed by atoms with Crippen LogP contribution in [-0.4, -0.2) is 20.5 Å². The topological polar surface area (TPSA) is 24.0 Å². The van der Waals surface area contributed by atoms with E-state index in [4.69, 9.17) is 12.2 Å². The normalized spacial score (nSPS) is 21.9. The quantitative estimate of drug-likeness (QED) is 0.787. The summed E-state index contributed by atoms with van der Waals surface area (Å²) in [5, 5.41) is 0. The van der Waals surface area contributed by atoms with Gasteiger partial charge in [-0.2, -0.15) is 0 Å². The Kier molecular flexibility index (Phi) is 3.21. The number of H-pyrrole nitrogens is 1. The smallest absolute Gasteiger partial charge is 0.178 e. The Morgan fingerprint density at radius 1 is 1.35 bits per heavy atom. The molecule has 3 nitrogen and oxygen atoms in total. The highest BCUT2D eigenvalue weighted by Gasteiger charge is 2.26. The summed E-state index contributed by atoms with van der Waals surface area (Å²) >= 11 is 5.50. The van der Waals surface area contributed by atoms with E-state index in [9.17, 15) is 0 Å². The molecule has 0 bridgehead atoms. The summed E-state index contributed by atoms with van der Waals surface area (Å²) in [6.45, 7) is 9.76. The molecule has 2 atom stereocenters. The number of benzene rings is 1. The molecule has 0 unspecified atom stereocenters. The van der Waals surface area contributed by atoms with Crippen LogP contribution in [0.2, 0.25) is 0 Å². The third-order valence-corrected chi connectivity index (χ3v) is 4.41. The Bertz CT molecular complexity index is 734. The molecule has 1 aliphatic rings. The number of nitrogens with zero attached hydrogens (tertiary/aromatic N) is 2. The number of imidazole rings is 1. The zero-order valence-corrected chi connectivity index (χ0v) is 13.3. The van der Waals surface area contributed by atoms with Crippen molar-refractivity contribution in [2.75, 3.05) is 0 Å². The number of aromatic nitrogens is 2. The highest BCUT2D eigenvalue weighted by Crippen LogP contribution is 2.33. The molecular formula is C16H21N3S. The summed E-state index contributed by atoms with van der Waals surface area (Å²) in [5.74, 6) is 0. The number of para-hydroxylation sites is 1. The van der Waals surface area contributed by atoms with E-state index in [1.807, 2.05) is 0 Å². The van der Waals surface area contributed by atoms with Gasteiger partial charge in [-0.3, -0.25) is 0 Å². The van der Waals surface area contributed by atoms with Crippen LogP contribution < -0.4 is 0 Å². The van der Waals surface area contributed by atoms with Gasteiger partial charge in [0, 0.05) is 18.2 Å². The molecule has 1 N–H and O–H groups in total. The lowest BCUT2D eigenvalue weighted by atomic mass is 10.0. The van der Waals surface area contributed by atoms with Crippen LogP contribution in [0.15, 0.2) is 30.0 Å². The summed E-state index contributed by atoms with van der Waals surface area (Å²) in [6, 6.07) is 7.20. The first kappa shape index (κ1) is 13.4. The van der Waals surface area contributed by atoms with Crippen LogP contribution >= 0.6 is 12.2 Å². The average molecular weight is 287 g/mol. The molecule has 4 heteroatoms. The highest BCUT2D eigenvalue weighted by atomic mass is 32.1. The Balaban J connectivity index is 2.26. The van der Waals surface area contributed by atoms with Crippen molar-refractivity contribution >= 4 is 23.3 Å². The van der Waals surface area contributed by atoms with Gasteiger partial charge in [0.05, 0.1) is 17.1 Å². The molecule has 0 amide bonds. The number of aromatic amines is 1. The second kappa shape index (κ2) is 4.77. The van der Waals surface area contributed by atoms with Crippen molar-refractivity contribution in [3.05, 3.63) is 40.3 Å². The van der Waals surface area contributed by atoms with E-state index in [2.05, 4.69) is 66.5 Å². The minimum Gasteiger partial charge on any atom is -0.366 e. The van der Waals surface area contributed by atoms with Gasteiger partial charge >= 0.3 is 0 Å². The number of allylic oxidation sites excluding steroid dienone is 1. The SMILES string of the molecule is CC(C)=CN1[C@H](C)c2cccc3[nH]c(=S)n(c23)C[C@@H]1C. The van der Waals surface area contributed by atoms with E-state index >= 15 is 0 Å². The molecule has 20 heavy (non-hydrogen) atoms. The molecule has 106 valence electrons. The molecule has 3 rings (SSSR count). The minimum absolute atomic E-state index is 0.350. The van der Waals surface area contributed by atoms with E-state index in [0.29, 0.717) is 12.1 Å². The number of hydrogen-bond donors (Lipinski definition) is 1. The van der Waals surface area contributed by atoms with Crippen molar-refractivity contribution in [3.8, 4) is 0 Å². The van der Waals surface area contributed by atoms with Crippen LogP contribution in [-0.2, 0) is 6.54 Å². The third kappa shape index (κ3) is 1.99. The van der Waals surface area contributed by atoms with Gasteiger partial charge in [0.1, 0.15) is 0 Å². The van der Waals surface area contributed by atoms with Gasteiger partial charge in [-0.15, -0.1) is 0 Å². The number of rotatable bonds is 1. The molecule has 1 aliphatic heterocycles. The Morgan fingerprint density at radius 2 is 2.10 bits per heavy atom. The fourth-order valence-corrected chi connectivity index (χ4v) is 3.47. The van der Waals surface area contributed by atoms with Crippen LogP contribution in [0.4, 0.5) is 0 Å². The van der Waals surface area contributed by atoms with Gasteiger partial charge in [0.2, 0.25) is 0 Å². The van der Waals surface area contributed by atoms with E-state index in [1.165, 1.54) is 16.7 Å². The first-order chi connectivity index (χ1) is 9.49.